The summed E-state index contributed by atoms with van der Waals surface area (Å²) in [6.45, 7) is 27.8. The van der Waals surface area contributed by atoms with Crippen LogP contribution in [0, 0.1) is 0 Å². The molecule has 0 heterocycles. The van der Waals surface area contributed by atoms with Gasteiger partial charge < -0.3 is 0 Å². The Balaban J connectivity index is 2.10. The van der Waals surface area contributed by atoms with Gasteiger partial charge in [0.1, 0.15) is 0 Å². The fourth-order valence-corrected chi connectivity index (χ4v) is 4.28. The zero-order valence-electron chi connectivity index (χ0n) is 23.3. The van der Waals surface area contributed by atoms with Crippen molar-refractivity contribution in [1.29, 1.82) is 0 Å². The smallest absolute Gasteiger partial charge is 0.0211 e. The Morgan fingerprint density at radius 1 is 0.485 bits per heavy atom. The van der Waals surface area contributed by atoms with E-state index < -0.39 is 0 Å². The number of hydrogen-bond donors (Lipinski definition) is 0. The van der Waals surface area contributed by atoms with Crippen molar-refractivity contribution in [3.63, 3.8) is 0 Å². The Labute approximate surface area is 204 Å². The molecule has 0 aliphatic heterocycles. The van der Waals surface area contributed by atoms with Gasteiger partial charge in [0, 0.05) is 5.92 Å². The third kappa shape index (κ3) is 5.89. The van der Waals surface area contributed by atoms with Crippen LogP contribution in [0.25, 0.3) is 5.57 Å². The molecule has 2 aromatic rings. The van der Waals surface area contributed by atoms with Crippen molar-refractivity contribution in [2.45, 2.75) is 111 Å². The summed E-state index contributed by atoms with van der Waals surface area (Å²) >= 11 is 0. The Morgan fingerprint density at radius 2 is 0.848 bits per heavy atom. The maximum absolute atomic E-state index is 2.46. The topological polar surface area (TPSA) is 0 Å². The van der Waals surface area contributed by atoms with Gasteiger partial charge in [-0.05, 0) is 60.6 Å². The van der Waals surface area contributed by atoms with E-state index in [2.05, 4.69) is 138 Å². The predicted octanol–water partition coefficient (Wildman–Crippen LogP) is 9.61. The van der Waals surface area contributed by atoms with Crippen molar-refractivity contribution in [2.75, 3.05) is 0 Å². The molecule has 0 heteroatoms. The second-order valence-electron chi connectivity index (χ2n) is 14.1. The third-order valence-electron chi connectivity index (χ3n) is 6.91. The summed E-state index contributed by atoms with van der Waals surface area (Å²) < 4.78 is 0. The number of allylic oxidation sites excluding steroid dienone is 4. The lowest BCUT2D eigenvalue weighted by Crippen LogP contribution is -2.17. The van der Waals surface area contributed by atoms with Crippen LogP contribution in [0.15, 0.2) is 54.6 Å². The molecule has 1 aliphatic carbocycles. The van der Waals surface area contributed by atoms with Crippen LogP contribution in [0.4, 0.5) is 0 Å². The zero-order chi connectivity index (χ0) is 25.0. The summed E-state index contributed by atoms with van der Waals surface area (Å²) in [4.78, 5) is 0. The molecular formula is C33H46. The van der Waals surface area contributed by atoms with E-state index in [-0.39, 0.29) is 21.7 Å². The molecule has 1 atom stereocenters. The molecule has 33 heavy (non-hydrogen) atoms. The molecule has 3 rings (SSSR count). The second kappa shape index (κ2) is 8.30. The average molecular weight is 443 g/mol. The van der Waals surface area contributed by atoms with Crippen LogP contribution < -0.4 is 0 Å². The molecular weight excluding hydrogens is 396 g/mol. The second-order valence-corrected chi connectivity index (χ2v) is 14.1. The van der Waals surface area contributed by atoms with Crippen LogP contribution in [0.3, 0.4) is 0 Å². The van der Waals surface area contributed by atoms with Crippen molar-refractivity contribution < 1.29 is 0 Å². The van der Waals surface area contributed by atoms with Gasteiger partial charge in [0.15, 0.2) is 0 Å². The van der Waals surface area contributed by atoms with Gasteiger partial charge in [0.2, 0.25) is 0 Å². The van der Waals surface area contributed by atoms with Crippen molar-refractivity contribution in [3.8, 4) is 0 Å². The summed E-state index contributed by atoms with van der Waals surface area (Å²) in [7, 11) is 0. The number of hydrogen-bond acceptors (Lipinski definition) is 0. The summed E-state index contributed by atoms with van der Waals surface area (Å²) in [5, 5.41) is 0. The van der Waals surface area contributed by atoms with E-state index in [0.29, 0.717) is 5.92 Å². The summed E-state index contributed by atoms with van der Waals surface area (Å²) in [5.74, 6) is 0.319. The van der Waals surface area contributed by atoms with Crippen molar-refractivity contribution in [1.82, 2.24) is 0 Å². The van der Waals surface area contributed by atoms with Gasteiger partial charge in [-0.1, -0.05) is 138 Å². The van der Waals surface area contributed by atoms with E-state index in [1.807, 2.05) is 0 Å². The van der Waals surface area contributed by atoms with Crippen LogP contribution in [-0.4, -0.2) is 0 Å². The predicted molar refractivity (Wildman–Crippen MR) is 148 cm³/mol. The maximum Gasteiger partial charge on any atom is 0.0211 e. The lowest BCUT2D eigenvalue weighted by Gasteiger charge is -2.27. The van der Waals surface area contributed by atoms with Gasteiger partial charge in [-0.2, -0.15) is 0 Å². The summed E-state index contributed by atoms with van der Waals surface area (Å²) in [6, 6.07) is 14.5. The fraction of sp³-hybridized carbons (Fsp3) is 0.515. The van der Waals surface area contributed by atoms with Gasteiger partial charge >= 0.3 is 0 Å². The molecule has 0 bridgehead atoms. The van der Waals surface area contributed by atoms with Gasteiger partial charge in [-0.3, -0.25) is 0 Å². The maximum atomic E-state index is 2.46. The largest absolute Gasteiger partial charge is 0.0726 e. The minimum absolute atomic E-state index is 0.126. The third-order valence-corrected chi connectivity index (χ3v) is 6.91. The highest BCUT2D eigenvalue weighted by atomic mass is 14.3. The first-order valence-electron chi connectivity index (χ1n) is 12.6. The molecule has 1 aliphatic rings. The van der Waals surface area contributed by atoms with E-state index in [9.17, 15) is 0 Å². The van der Waals surface area contributed by atoms with Crippen molar-refractivity contribution in [3.05, 3.63) is 88.0 Å². The van der Waals surface area contributed by atoms with Gasteiger partial charge in [-0.15, -0.1) is 0 Å². The highest BCUT2D eigenvalue weighted by molar-refractivity contribution is 5.79. The first-order chi connectivity index (χ1) is 14.9. The van der Waals surface area contributed by atoms with Gasteiger partial charge in [0.05, 0.1) is 0 Å². The van der Waals surface area contributed by atoms with Crippen LogP contribution >= 0.6 is 0 Å². The highest BCUT2D eigenvalue weighted by Gasteiger charge is 2.25. The van der Waals surface area contributed by atoms with Gasteiger partial charge in [0.25, 0.3) is 0 Å². The molecule has 2 aromatic carbocycles. The molecule has 0 N–H and O–H groups in total. The van der Waals surface area contributed by atoms with E-state index in [4.69, 9.17) is 0 Å². The molecule has 0 nitrogen and oxygen atoms in total. The molecule has 0 saturated heterocycles. The minimum atomic E-state index is 0.126. The van der Waals surface area contributed by atoms with Gasteiger partial charge in [-0.25, -0.2) is 0 Å². The lowest BCUT2D eigenvalue weighted by molar-refractivity contribution is 0.566. The molecule has 0 saturated carbocycles. The number of rotatable bonds is 2. The monoisotopic (exact) mass is 442 g/mol. The standard InChI is InChI=1S/C33H46/c1-30(2,3)26-16-24(17-27(20-26)31(4,5)6)22-13-14-23(15-22)25-18-28(32(7,8)9)21-29(19-25)33(10,11)12/h13-22H,1-12H3. The summed E-state index contributed by atoms with van der Waals surface area (Å²) in [5.41, 5.74) is 10.3. The highest BCUT2D eigenvalue weighted by Crippen LogP contribution is 2.39. The summed E-state index contributed by atoms with van der Waals surface area (Å²) in [6.07, 6.45) is 7.17. The van der Waals surface area contributed by atoms with E-state index in [1.54, 1.807) is 0 Å². The van der Waals surface area contributed by atoms with E-state index >= 15 is 0 Å². The SMILES string of the molecule is CC(C)(C)c1cc(C2=CC(c3cc(C(C)(C)C)cc(C(C)(C)C)c3)C=C2)cc(C(C)(C)C)c1. The minimum Gasteiger partial charge on any atom is -0.0726 e. The molecule has 0 amide bonds. The van der Waals surface area contributed by atoms with Crippen molar-refractivity contribution >= 4 is 5.57 Å². The molecule has 0 fully saturated rings. The molecule has 0 radical (unpaired) electrons. The van der Waals surface area contributed by atoms with Crippen LogP contribution in [0.5, 0.6) is 0 Å². The molecule has 1 unspecified atom stereocenters. The zero-order valence-corrected chi connectivity index (χ0v) is 23.3. The average Bonchev–Trinajstić information content (AvgIpc) is 3.15. The Kier molecular flexibility index (Phi) is 6.42. The Morgan fingerprint density at radius 3 is 1.21 bits per heavy atom. The van der Waals surface area contributed by atoms with Crippen molar-refractivity contribution in [2.24, 2.45) is 0 Å². The normalized spacial score (nSPS) is 17.5. The number of benzene rings is 2. The van der Waals surface area contributed by atoms with Crippen LogP contribution in [0.2, 0.25) is 0 Å². The van der Waals surface area contributed by atoms with Crippen LogP contribution in [-0.2, 0) is 21.7 Å². The molecule has 178 valence electrons. The van der Waals surface area contributed by atoms with E-state index in [0.717, 1.165) is 0 Å². The Bertz CT molecular complexity index is 1010. The molecule has 0 aromatic heterocycles. The Hall–Kier alpha value is -2.08. The first kappa shape index (κ1) is 25.5. The van der Waals surface area contributed by atoms with Crippen LogP contribution in [0.1, 0.15) is 122 Å². The fourth-order valence-electron chi connectivity index (χ4n) is 4.28. The first-order valence-corrected chi connectivity index (χ1v) is 12.6. The quantitative estimate of drug-likeness (QED) is 0.434. The van der Waals surface area contributed by atoms with E-state index in [1.165, 1.54) is 39.0 Å². The lowest BCUT2D eigenvalue weighted by atomic mass is 9.78. The molecule has 0 spiro atoms.